The first kappa shape index (κ1) is 12.8. The third-order valence-corrected chi connectivity index (χ3v) is 2.20. The third-order valence-electron chi connectivity index (χ3n) is 1.71. The molecule has 0 aliphatic rings. The second kappa shape index (κ2) is 4.73. The number of methoxy groups -OCH3 is 1. The minimum absolute atomic E-state index is 0.273. The molecule has 0 aromatic heterocycles. The molecule has 1 amide bonds. The van der Waals surface area contributed by atoms with Crippen LogP contribution >= 0.6 is 15.9 Å². The van der Waals surface area contributed by atoms with Crippen molar-refractivity contribution >= 4 is 27.7 Å². The lowest BCUT2D eigenvalue weighted by molar-refractivity contribution is -0.137. The van der Waals surface area contributed by atoms with E-state index >= 15 is 0 Å². The number of benzene rings is 1. The van der Waals surface area contributed by atoms with Crippen LogP contribution in [0.3, 0.4) is 0 Å². The van der Waals surface area contributed by atoms with Gasteiger partial charge in [-0.05, 0) is 18.2 Å². The number of carbonyl (C=O) groups is 1. The number of hydrogen-bond donors (Lipinski definition) is 1. The number of hydrogen-bond acceptors (Lipinski definition) is 2. The van der Waals surface area contributed by atoms with Gasteiger partial charge in [-0.1, -0.05) is 15.9 Å². The summed E-state index contributed by atoms with van der Waals surface area (Å²) in [6.07, 6.45) is -5.49. The number of nitrogens with one attached hydrogen (secondary N) is 1. The summed E-state index contributed by atoms with van der Waals surface area (Å²) in [5, 5.41) is 1.99. The van der Waals surface area contributed by atoms with Gasteiger partial charge in [-0.25, -0.2) is 4.79 Å². The molecule has 3 nitrogen and oxygen atoms in total. The van der Waals surface area contributed by atoms with Gasteiger partial charge in [0.2, 0.25) is 0 Å². The molecule has 0 bridgehead atoms. The van der Waals surface area contributed by atoms with Crippen molar-refractivity contribution in [3.05, 3.63) is 28.2 Å². The van der Waals surface area contributed by atoms with Crippen molar-refractivity contribution in [2.45, 2.75) is 6.18 Å². The molecule has 88 valence electrons. The highest BCUT2D eigenvalue weighted by molar-refractivity contribution is 9.10. The fourth-order valence-corrected chi connectivity index (χ4v) is 1.38. The van der Waals surface area contributed by atoms with E-state index < -0.39 is 17.8 Å². The van der Waals surface area contributed by atoms with Crippen molar-refractivity contribution in [2.75, 3.05) is 12.4 Å². The molecular weight excluding hydrogens is 291 g/mol. The normalized spacial score (nSPS) is 11.1. The highest BCUT2D eigenvalue weighted by atomic mass is 79.9. The summed E-state index contributed by atoms with van der Waals surface area (Å²) in [7, 11) is 1.07. The Hall–Kier alpha value is -1.24. The Bertz CT molecular complexity index is 406. The van der Waals surface area contributed by atoms with Crippen molar-refractivity contribution < 1.29 is 22.7 Å². The van der Waals surface area contributed by atoms with Gasteiger partial charge in [-0.2, -0.15) is 13.2 Å². The summed E-state index contributed by atoms with van der Waals surface area (Å²) >= 11 is 2.93. The number of carbonyl (C=O) groups excluding carboxylic acids is 1. The van der Waals surface area contributed by atoms with E-state index in [1.807, 2.05) is 5.32 Å². The zero-order valence-corrected chi connectivity index (χ0v) is 9.65. The van der Waals surface area contributed by atoms with Gasteiger partial charge in [-0.15, -0.1) is 0 Å². The van der Waals surface area contributed by atoms with E-state index in [-0.39, 0.29) is 10.2 Å². The maximum atomic E-state index is 12.6. The number of amides is 1. The number of rotatable bonds is 1. The van der Waals surface area contributed by atoms with E-state index in [0.29, 0.717) is 0 Å². The lowest BCUT2D eigenvalue weighted by Gasteiger charge is -2.13. The summed E-state index contributed by atoms with van der Waals surface area (Å²) in [4.78, 5) is 10.8. The molecule has 0 radical (unpaired) electrons. The minimum Gasteiger partial charge on any atom is -0.453 e. The van der Waals surface area contributed by atoms with E-state index in [2.05, 4.69) is 20.7 Å². The molecule has 0 aliphatic heterocycles. The number of halogens is 4. The van der Waals surface area contributed by atoms with Crippen LogP contribution in [0.5, 0.6) is 0 Å². The van der Waals surface area contributed by atoms with Crippen LogP contribution in [0, 0.1) is 0 Å². The lowest BCUT2D eigenvalue weighted by atomic mass is 10.1. The largest absolute Gasteiger partial charge is 0.453 e. The summed E-state index contributed by atoms with van der Waals surface area (Å²) in [5.41, 5.74) is -1.28. The van der Waals surface area contributed by atoms with Crippen molar-refractivity contribution in [3.63, 3.8) is 0 Å². The molecule has 7 heteroatoms. The predicted octanol–water partition coefficient (Wildman–Crippen LogP) is 3.65. The smallest absolute Gasteiger partial charge is 0.418 e. The SMILES string of the molecule is COC(=O)Nc1ccc(Br)cc1C(F)(F)F. The van der Waals surface area contributed by atoms with Crippen LogP contribution < -0.4 is 5.32 Å². The van der Waals surface area contributed by atoms with Crippen molar-refractivity contribution in [1.82, 2.24) is 0 Å². The van der Waals surface area contributed by atoms with Crippen LogP contribution in [-0.2, 0) is 10.9 Å². The Morgan fingerprint density at radius 3 is 2.56 bits per heavy atom. The molecular formula is C9H7BrF3NO2. The fourth-order valence-electron chi connectivity index (χ4n) is 1.02. The molecule has 1 N–H and O–H groups in total. The summed E-state index contributed by atoms with van der Waals surface area (Å²) in [6, 6.07) is 3.41. The van der Waals surface area contributed by atoms with Gasteiger partial charge < -0.3 is 4.74 Å². The third kappa shape index (κ3) is 3.13. The van der Waals surface area contributed by atoms with Gasteiger partial charge in [0.25, 0.3) is 0 Å². The standard InChI is InChI=1S/C9H7BrF3NO2/c1-16-8(15)14-7-3-2-5(10)4-6(7)9(11,12)13/h2-4H,1H3,(H,14,15). The van der Waals surface area contributed by atoms with E-state index in [0.717, 1.165) is 19.2 Å². The van der Waals surface area contributed by atoms with Crippen LogP contribution in [0.25, 0.3) is 0 Å². The molecule has 0 fully saturated rings. The Morgan fingerprint density at radius 1 is 1.44 bits per heavy atom. The lowest BCUT2D eigenvalue weighted by Crippen LogP contribution is -2.16. The Balaban J connectivity index is 3.13. The fraction of sp³-hybridized carbons (Fsp3) is 0.222. The number of alkyl halides is 3. The first-order valence-electron chi connectivity index (χ1n) is 4.06. The monoisotopic (exact) mass is 297 g/mol. The quantitative estimate of drug-likeness (QED) is 0.859. The minimum atomic E-state index is -4.54. The molecule has 1 rings (SSSR count). The Morgan fingerprint density at radius 2 is 2.06 bits per heavy atom. The molecule has 0 atom stereocenters. The maximum absolute atomic E-state index is 12.6. The maximum Gasteiger partial charge on any atom is 0.418 e. The average molecular weight is 298 g/mol. The molecule has 0 spiro atoms. The van der Waals surface area contributed by atoms with Crippen molar-refractivity contribution in [1.29, 1.82) is 0 Å². The molecule has 1 aromatic carbocycles. The van der Waals surface area contributed by atoms with Crippen LogP contribution in [-0.4, -0.2) is 13.2 Å². The first-order valence-corrected chi connectivity index (χ1v) is 4.85. The molecule has 0 aliphatic carbocycles. The van der Waals surface area contributed by atoms with Gasteiger partial charge in [0.1, 0.15) is 0 Å². The van der Waals surface area contributed by atoms with Crippen molar-refractivity contribution in [3.8, 4) is 0 Å². The zero-order valence-electron chi connectivity index (χ0n) is 8.06. The predicted molar refractivity (Wildman–Crippen MR) is 55.2 cm³/mol. The highest BCUT2D eigenvalue weighted by Gasteiger charge is 2.34. The second-order valence-electron chi connectivity index (χ2n) is 2.80. The average Bonchev–Trinajstić information content (AvgIpc) is 2.19. The topological polar surface area (TPSA) is 38.3 Å². The summed E-state index contributed by atoms with van der Waals surface area (Å²) < 4.78 is 42.2. The van der Waals surface area contributed by atoms with Crippen LogP contribution in [0.2, 0.25) is 0 Å². The van der Waals surface area contributed by atoms with Gasteiger partial charge in [0.05, 0.1) is 18.4 Å². The van der Waals surface area contributed by atoms with E-state index in [9.17, 15) is 18.0 Å². The Labute approximate surface area is 97.7 Å². The molecule has 0 saturated heterocycles. The first-order chi connectivity index (χ1) is 7.34. The van der Waals surface area contributed by atoms with Crippen LogP contribution in [0.4, 0.5) is 23.7 Å². The molecule has 0 saturated carbocycles. The van der Waals surface area contributed by atoms with E-state index in [1.165, 1.54) is 6.07 Å². The molecule has 16 heavy (non-hydrogen) atoms. The molecule has 0 unspecified atom stereocenters. The van der Waals surface area contributed by atoms with Gasteiger partial charge in [-0.3, -0.25) is 5.32 Å². The highest BCUT2D eigenvalue weighted by Crippen LogP contribution is 2.36. The van der Waals surface area contributed by atoms with Gasteiger partial charge in [0, 0.05) is 4.47 Å². The number of anilines is 1. The second-order valence-corrected chi connectivity index (χ2v) is 3.72. The van der Waals surface area contributed by atoms with E-state index in [4.69, 9.17) is 0 Å². The van der Waals surface area contributed by atoms with Crippen LogP contribution in [0.15, 0.2) is 22.7 Å². The summed E-state index contributed by atoms with van der Waals surface area (Å²) in [6.45, 7) is 0. The molecule has 0 heterocycles. The van der Waals surface area contributed by atoms with Gasteiger partial charge >= 0.3 is 12.3 Å². The van der Waals surface area contributed by atoms with Crippen molar-refractivity contribution in [2.24, 2.45) is 0 Å². The van der Waals surface area contributed by atoms with Gasteiger partial charge in [0.15, 0.2) is 0 Å². The summed E-state index contributed by atoms with van der Waals surface area (Å²) in [5.74, 6) is 0. The Kier molecular flexibility index (Phi) is 3.79. The number of ether oxygens (including phenoxy) is 1. The zero-order chi connectivity index (χ0) is 12.3. The molecule has 1 aromatic rings. The van der Waals surface area contributed by atoms with Crippen LogP contribution in [0.1, 0.15) is 5.56 Å². The van der Waals surface area contributed by atoms with E-state index in [1.54, 1.807) is 0 Å².